The van der Waals surface area contributed by atoms with Gasteiger partial charge in [-0.2, -0.15) is 0 Å². The van der Waals surface area contributed by atoms with E-state index < -0.39 is 0 Å². The van der Waals surface area contributed by atoms with Crippen LogP contribution in [-0.2, 0) is 0 Å². The smallest absolute Gasteiger partial charge is 0.263 e. The van der Waals surface area contributed by atoms with Crippen molar-refractivity contribution in [3.05, 3.63) is 78.6 Å². The van der Waals surface area contributed by atoms with Crippen molar-refractivity contribution >= 4 is 27.7 Å². The molecule has 3 nitrogen and oxygen atoms in total. The SMILES string of the molecule is O=C(c1c2ccccc2nc2ccccc12)n1cccc1. The minimum absolute atomic E-state index is 0.0326. The molecule has 3 heteroatoms. The summed E-state index contributed by atoms with van der Waals surface area (Å²) < 4.78 is 1.61. The first kappa shape index (κ1) is 11.9. The Bertz CT molecular complexity index is 901. The number of pyridine rings is 1. The highest BCUT2D eigenvalue weighted by atomic mass is 16.2. The summed E-state index contributed by atoms with van der Waals surface area (Å²) in [6.45, 7) is 0. The minimum atomic E-state index is -0.0326. The highest BCUT2D eigenvalue weighted by Gasteiger charge is 2.16. The van der Waals surface area contributed by atoms with E-state index in [-0.39, 0.29) is 5.91 Å². The lowest BCUT2D eigenvalue weighted by atomic mass is 10.0. The van der Waals surface area contributed by atoms with E-state index in [2.05, 4.69) is 4.98 Å². The fraction of sp³-hybridized carbons (Fsp3) is 0. The number of nitrogens with zero attached hydrogens (tertiary/aromatic N) is 2. The van der Waals surface area contributed by atoms with Crippen molar-refractivity contribution in [2.45, 2.75) is 0 Å². The van der Waals surface area contributed by atoms with E-state index in [1.54, 1.807) is 17.0 Å². The first-order valence-electron chi connectivity index (χ1n) is 6.80. The molecule has 2 aromatic carbocycles. The summed E-state index contributed by atoms with van der Waals surface area (Å²) in [6, 6.07) is 19.2. The van der Waals surface area contributed by atoms with Gasteiger partial charge in [0.2, 0.25) is 0 Å². The second-order valence-corrected chi connectivity index (χ2v) is 4.92. The second kappa shape index (κ2) is 4.56. The molecule has 4 aromatic rings. The maximum absolute atomic E-state index is 12.9. The third-order valence-electron chi connectivity index (χ3n) is 3.64. The highest BCUT2D eigenvalue weighted by molar-refractivity contribution is 6.16. The monoisotopic (exact) mass is 272 g/mol. The van der Waals surface area contributed by atoms with Crippen molar-refractivity contribution in [3.8, 4) is 0 Å². The Morgan fingerprint density at radius 3 is 1.86 bits per heavy atom. The number of rotatable bonds is 1. The molecule has 2 heterocycles. The molecule has 21 heavy (non-hydrogen) atoms. The van der Waals surface area contributed by atoms with Gasteiger partial charge >= 0.3 is 0 Å². The first-order valence-corrected chi connectivity index (χ1v) is 6.80. The molecular weight excluding hydrogens is 260 g/mol. The van der Waals surface area contributed by atoms with Crippen LogP contribution in [0.15, 0.2) is 73.1 Å². The van der Waals surface area contributed by atoms with Crippen LogP contribution >= 0.6 is 0 Å². The van der Waals surface area contributed by atoms with E-state index in [4.69, 9.17) is 0 Å². The first-order chi connectivity index (χ1) is 10.3. The number of aromatic nitrogens is 2. The van der Waals surface area contributed by atoms with Crippen molar-refractivity contribution in [2.24, 2.45) is 0 Å². The lowest BCUT2D eigenvalue weighted by Gasteiger charge is -2.10. The summed E-state index contributed by atoms with van der Waals surface area (Å²) in [4.78, 5) is 17.5. The summed E-state index contributed by atoms with van der Waals surface area (Å²) in [5.74, 6) is -0.0326. The number of para-hydroxylation sites is 2. The second-order valence-electron chi connectivity index (χ2n) is 4.92. The molecule has 0 radical (unpaired) electrons. The molecule has 2 aromatic heterocycles. The fourth-order valence-corrected chi connectivity index (χ4v) is 2.67. The van der Waals surface area contributed by atoms with Crippen molar-refractivity contribution in [3.63, 3.8) is 0 Å². The van der Waals surface area contributed by atoms with Gasteiger partial charge in [0.05, 0.1) is 16.6 Å². The Labute approximate surface area is 121 Å². The van der Waals surface area contributed by atoms with E-state index >= 15 is 0 Å². The zero-order valence-corrected chi connectivity index (χ0v) is 11.2. The van der Waals surface area contributed by atoms with Gasteiger partial charge in [-0.05, 0) is 24.3 Å². The maximum atomic E-state index is 12.9. The Morgan fingerprint density at radius 1 is 0.762 bits per heavy atom. The number of hydrogen-bond donors (Lipinski definition) is 0. The molecule has 100 valence electrons. The normalized spacial score (nSPS) is 11.0. The van der Waals surface area contributed by atoms with Crippen molar-refractivity contribution < 1.29 is 4.79 Å². The molecule has 0 saturated heterocycles. The maximum Gasteiger partial charge on any atom is 0.263 e. The molecule has 0 fully saturated rings. The van der Waals surface area contributed by atoms with Crippen LogP contribution < -0.4 is 0 Å². The predicted molar refractivity (Wildman–Crippen MR) is 83.4 cm³/mol. The third kappa shape index (κ3) is 1.82. The number of benzene rings is 2. The third-order valence-corrected chi connectivity index (χ3v) is 3.64. The zero-order chi connectivity index (χ0) is 14.2. The van der Waals surface area contributed by atoms with Gasteiger partial charge in [-0.3, -0.25) is 9.36 Å². The molecule has 0 aliphatic heterocycles. The molecule has 0 aliphatic carbocycles. The molecule has 0 aliphatic rings. The molecule has 4 rings (SSSR count). The molecule has 0 N–H and O–H groups in total. The van der Waals surface area contributed by atoms with Crippen molar-refractivity contribution in [1.29, 1.82) is 0 Å². The summed E-state index contributed by atoms with van der Waals surface area (Å²) in [6.07, 6.45) is 3.54. The Balaban J connectivity index is 2.14. The van der Waals surface area contributed by atoms with Crippen LogP contribution in [0.25, 0.3) is 21.8 Å². The Kier molecular flexibility index (Phi) is 2.57. The van der Waals surface area contributed by atoms with Crippen LogP contribution in [0.5, 0.6) is 0 Å². The summed E-state index contributed by atoms with van der Waals surface area (Å²) >= 11 is 0. The molecular formula is C18H12N2O. The van der Waals surface area contributed by atoms with Gasteiger partial charge in [0.15, 0.2) is 0 Å². The zero-order valence-electron chi connectivity index (χ0n) is 11.2. The average molecular weight is 272 g/mol. The van der Waals surface area contributed by atoms with Crippen LogP contribution in [0.1, 0.15) is 10.4 Å². The molecule has 0 bridgehead atoms. The van der Waals surface area contributed by atoms with Gasteiger partial charge < -0.3 is 0 Å². The largest absolute Gasteiger partial charge is 0.291 e. The fourth-order valence-electron chi connectivity index (χ4n) is 2.67. The molecule has 0 spiro atoms. The van der Waals surface area contributed by atoms with Crippen molar-refractivity contribution in [1.82, 2.24) is 9.55 Å². The molecule has 0 atom stereocenters. The van der Waals surface area contributed by atoms with E-state index in [9.17, 15) is 4.79 Å². The Morgan fingerprint density at radius 2 is 1.29 bits per heavy atom. The Hall–Kier alpha value is -2.94. The van der Waals surface area contributed by atoms with Gasteiger partial charge in [-0.15, -0.1) is 0 Å². The van der Waals surface area contributed by atoms with Crippen molar-refractivity contribution in [2.75, 3.05) is 0 Å². The minimum Gasteiger partial charge on any atom is -0.291 e. The van der Waals surface area contributed by atoms with Crippen LogP contribution in [0.2, 0.25) is 0 Å². The summed E-state index contributed by atoms with van der Waals surface area (Å²) in [7, 11) is 0. The average Bonchev–Trinajstić information content (AvgIpc) is 3.06. The van der Waals surface area contributed by atoms with E-state index in [0.717, 1.165) is 21.8 Å². The highest BCUT2D eigenvalue weighted by Crippen LogP contribution is 2.26. The lowest BCUT2D eigenvalue weighted by Crippen LogP contribution is -2.11. The van der Waals surface area contributed by atoms with Gasteiger partial charge in [0.1, 0.15) is 0 Å². The predicted octanol–water partition coefficient (Wildman–Crippen LogP) is 3.88. The quantitative estimate of drug-likeness (QED) is 0.493. The number of carbonyl (C=O) groups excluding carboxylic acids is 1. The molecule has 0 unspecified atom stereocenters. The van der Waals surface area contributed by atoms with Gasteiger partial charge in [0.25, 0.3) is 5.91 Å². The topological polar surface area (TPSA) is 34.9 Å². The van der Waals surface area contributed by atoms with Crippen LogP contribution in [0.3, 0.4) is 0 Å². The molecule has 0 amide bonds. The molecule has 0 saturated carbocycles. The van der Waals surface area contributed by atoms with Gasteiger partial charge in [-0.25, -0.2) is 4.98 Å². The van der Waals surface area contributed by atoms with Crippen LogP contribution in [0, 0.1) is 0 Å². The van der Waals surface area contributed by atoms with Gasteiger partial charge in [0, 0.05) is 23.2 Å². The standard InChI is InChI=1S/C18H12N2O/c21-18(20-11-5-6-12-20)17-13-7-1-3-9-15(13)19-16-10-4-2-8-14(16)17/h1-12H. The summed E-state index contributed by atoms with van der Waals surface area (Å²) in [5.41, 5.74) is 2.38. The van der Waals surface area contributed by atoms with Crippen LogP contribution in [0.4, 0.5) is 0 Å². The summed E-state index contributed by atoms with van der Waals surface area (Å²) in [5, 5.41) is 1.77. The van der Waals surface area contributed by atoms with E-state index in [1.807, 2.05) is 60.7 Å². The van der Waals surface area contributed by atoms with E-state index in [1.165, 1.54) is 0 Å². The lowest BCUT2D eigenvalue weighted by molar-refractivity contribution is 0.0963. The number of carbonyl (C=O) groups is 1. The van der Waals surface area contributed by atoms with Gasteiger partial charge in [-0.1, -0.05) is 36.4 Å². The van der Waals surface area contributed by atoms with E-state index in [0.29, 0.717) is 5.56 Å². The number of hydrogen-bond acceptors (Lipinski definition) is 2. The number of fused-ring (bicyclic) bond motifs is 2. The van der Waals surface area contributed by atoms with Crippen LogP contribution in [-0.4, -0.2) is 15.5 Å².